The third-order valence-corrected chi connectivity index (χ3v) is 4.32. The number of non-ortho nitro benzene ring substituents is 1. The highest BCUT2D eigenvalue weighted by Gasteiger charge is 2.31. The molecule has 3 rings (SSSR count). The molecule has 1 aromatic rings. The molecule has 21 heavy (non-hydrogen) atoms. The highest BCUT2D eigenvalue weighted by molar-refractivity contribution is 5.55. The zero-order chi connectivity index (χ0) is 14.8. The van der Waals surface area contributed by atoms with E-state index in [0.29, 0.717) is 6.54 Å². The van der Waals surface area contributed by atoms with Gasteiger partial charge in [0.2, 0.25) is 0 Å². The van der Waals surface area contributed by atoms with Gasteiger partial charge in [0.25, 0.3) is 5.69 Å². The van der Waals surface area contributed by atoms with Crippen molar-refractivity contribution in [3.63, 3.8) is 0 Å². The number of hydrogen-bond acceptors (Lipinski definition) is 6. The van der Waals surface area contributed by atoms with Gasteiger partial charge in [-0.3, -0.25) is 25.8 Å². The number of nitrogens with two attached hydrogens (primary N) is 1. The van der Waals surface area contributed by atoms with Crippen LogP contribution in [0, 0.1) is 10.1 Å². The first-order valence-corrected chi connectivity index (χ1v) is 7.37. The minimum absolute atomic E-state index is 0.112. The average Bonchev–Trinajstić information content (AvgIpc) is 3.32. The van der Waals surface area contributed by atoms with Crippen LogP contribution in [-0.2, 0) is 6.54 Å². The molecule has 3 N–H and O–H groups in total. The van der Waals surface area contributed by atoms with Crippen molar-refractivity contribution in [1.82, 2.24) is 9.80 Å². The largest absolute Gasteiger partial charge is 0.324 e. The van der Waals surface area contributed by atoms with Gasteiger partial charge in [0.1, 0.15) is 0 Å². The maximum atomic E-state index is 10.9. The predicted molar refractivity (Wildman–Crippen MR) is 80.8 cm³/mol. The monoisotopic (exact) mass is 291 g/mol. The van der Waals surface area contributed by atoms with Crippen LogP contribution in [0.3, 0.4) is 0 Å². The van der Waals surface area contributed by atoms with Crippen LogP contribution >= 0.6 is 0 Å². The maximum absolute atomic E-state index is 10.9. The van der Waals surface area contributed by atoms with Gasteiger partial charge in [-0.05, 0) is 24.5 Å². The fourth-order valence-electron chi connectivity index (χ4n) is 2.93. The zero-order valence-corrected chi connectivity index (χ0v) is 12.0. The van der Waals surface area contributed by atoms with E-state index in [4.69, 9.17) is 5.84 Å². The summed E-state index contributed by atoms with van der Waals surface area (Å²) in [5, 5.41) is 10.9. The summed E-state index contributed by atoms with van der Waals surface area (Å²) >= 11 is 0. The predicted octanol–water partition coefficient (Wildman–Crippen LogP) is 1.16. The molecule has 7 nitrogen and oxygen atoms in total. The van der Waals surface area contributed by atoms with E-state index in [-0.39, 0.29) is 10.6 Å². The Morgan fingerprint density at radius 2 is 2.00 bits per heavy atom. The second-order valence-electron chi connectivity index (χ2n) is 5.79. The lowest BCUT2D eigenvalue weighted by Gasteiger charge is -2.35. The second kappa shape index (κ2) is 5.97. The van der Waals surface area contributed by atoms with Gasteiger partial charge in [-0.25, -0.2) is 0 Å². The van der Waals surface area contributed by atoms with Crippen molar-refractivity contribution in [3.05, 3.63) is 33.9 Å². The van der Waals surface area contributed by atoms with Gasteiger partial charge in [0.05, 0.1) is 10.6 Å². The van der Waals surface area contributed by atoms with E-state index in [1.165, 1.54) is 18.9 Å². The molecule has 2 aliphatic rings. The Hall–Kier alpha value is -1.70. The normalized spacial score (nSPS) is 20.4. The van der Waals surface area contributed by atoms with Crippen LogP contribution in [0.15, 0.2) is 18.2 Å². The number of hydrazine groups is 1. The molecule has 0 unspecified atom stereocenters. The Balaban J connectivity index is 1.66. The number of rotatable bonds is 5. The van der Waals surface area contributed by atoms with E-state index in [0.717, 1.165) is 43.5 Å². The van der Waals surface area contributed by atoms with E-state index in [2.05, 4.69) is 15.2 Å². The van der Waals surface area contributed by atoms with Crippen molar-refractivity contribution < 1.29 is 4.92 Å². The molecule has 1 heterocycles. The quantitative estimate of drug-likeness (QED) is 0.481. The Morgan fingerprint density at radius 3 is 2.57 bits per heavy atom. The minimum Gasteiger partial charge on any atom is -0.324 e. The Kier molecular flexibility index (Phi) is 4.05. The number of nitrogens with zero attached hydrogens (tertiary/aromatic N) is 3. The fourth-order valence-corrected chi connectivity index (χ4v) is 2.93. The molecule has 0 atom stereocenters. The van der Waals surface area contributed by atoms with Gasteiger partial charge >= 0.3 is 0 Å². The number of benzene rings is 1. The molecule has 0 amide bonds. The van der Waals surface area contributed by atoms with Gasteiger partial charge in [-0.2, -0.15) is 0 Å². The van der Waals surface area contributed by atoms with E-state index < -0.39 is 0 Å². The first-order chi connectivity index (χ1) is 10.2. The summed E-state index contributed by atoms with van der Waals surface area (Å²) in [6, 6.07) is 5.58. The number of nitro benzene ring substituents is 1. The van der Waals surface area contributed by atoms with Crippen molar-refractivity contribution in [2.45, 2.75) is 25.4 Å². The van der Waals surface area contributed by atoms with Crippen LogP contribution in [0.2, 0.25) is 0 Å². The number of nitro groups is 1. The van der Waals surface area contributed by atoms with Crippen LogP contribution < -0.4 is 11.3 Å². The number of hydrogen-bond donors (Lipinski definition) is 2. The van der Waals surface area contributed by atoms with Crippen LogP contribution in [0.25, 0.3) is 0 Å². The highest BCUT2D eigenvalue weighted by atomic mass is 16.6. The first-order valence-electron chi connectivity index (χ1n) is 7.37. The molecule has 7 heteroatoms. The molecule has 1 aromatic carbocycles. The molecule has 0 aromatic heterocycles. The lowest BCUT2D eigenvalue weighted by molar-refractivity contribution is -0.384. The van der Waals surface area contributed by atoms with E-state index in [9.17, 15) is 10.1 Å². The third-order valence-electron chi connectivity index (χ3n) is 4.32. The molecule has 0 bridgehead atoms. The minimum atomic E-state index is -0.366. The second-order valence-corrected chi connectivity index (χ2v) is 5.79. The highest BCUT2D eigenvalue weighted by Crippen LogP contribution is 2.28. The van der Waals surface area contributed by atoms with Crippen LogP contribution in [0.5, 0.6) is 0 Å². The molecular weight excluding hydrogens is 270 g/mol. The third kappa shape index (κ3) is 3.31. The SMILES string of the molecule is NNc1ccc([N+](=O)[O-])cc1CN1CCN(C2CC2)CC1. The fraction of sp³-hybridized carbons (Fsp3) is 0.571. The van der Waals surface area contributed by atoms with Gasteiger partial charge in [0.15, 0.2) is 0 Å². The van der Waals surface area contributed by atoms with Crippen molar-refractivity contribution in [1.29, 1.82) is 0 Å². The summed E-state index contributed by atoms with van der Waals surface area (Å²) in [6.45, 7) is 4.88. The number of anilines is 1. The molecule has 2 fully saturated rings. The molecule has 0 radical (unpaired) electrons. The molecule has 1 saturated heterocycles. The summed E-state index contributed by atoms with van der Waals surface area (Å²) in [4.78, 5) is 15.4. The van der Waals surface area contributed by atoms with Gasteiger partial charge in [0, 0.05) is 50.9 Å². The van der Waals surface area contributed by atoms with Crippen LogP contribution in [-0.4, -0.2) is 46.9 Å². The summed E-state index contributed by atoms with van der Waals surface area (Å²) < 4.78 is 0. The van der Waals surface area contributed by atoms with E-state index in [1.807, 2.05) is 0 Å². The van der Waals surface area contributed by atoms with E-state index >= 15 is 0 Å². The summed E-state index contributed by atoms with van der Waals surface area (Å²) in [7, 11) is 0. The Bertz CT molecular complexity index is 524. The lowest BCUT2D eigenvalue weighted by atomic mass is 10.1. The maximum Gasteiger partial charge on any atom is 0.269 e. The molecule has 1 aliphatic carbocycles. The summed E-state index contributed by atoms with van der Waals surface area (Å²) in [6.07, 6.45) is 2.68. The van der Waals surface area contributed by atoms with Crippen molar-refractivity contribution in [3.8, 4) is 0 Å². The van der Waals surface area contributed by atoms with Gasteiger partial charge < -0.3 is 5.43 Å². The number of piperazine rings is 1. The standard InChI is InChI=1S/C14H21N5O2/c15-16-14-4-3-13(19(20)21)9-11(14)10-17-5-7-18(8-6-17)12-1-2-12/h3-4,9,12,16H,1-2,5-8,10,15H2. The average molecular weight is 291 g/mol. The first kappa shape index (κ1) is 14.2. The van der Waals surface area contributed by atoms with Crippen LogP contribution in [0.1, 0.15) is 18.4 Å². The molecule has 1 saturated carbocycles. The molecule has 114 valence electrons. The van der Waals surface area contributed by atoms with Gasteiger partial charge in [-0.1, -0.05) is 0 Å². The number of nitrogens with one attached hydrogen (secondary N) is 1. The molecular formula is C14H21N5O2. The molecule has 0 spiro atoms. The zero-order valence-electron chi connectivity index (χ0n) is 12.0. The summed E-state index contributed by atoms with van der Waals surface area (Å²) in [5.41, 5.74) is 4.38. The van der Waals surface area contributed by atoms with Crippen LogP contribution in [0.4, 0.5) is 11.4 Å². The van der Waals surface area contributed by atoms with Gasteiger partial charge in [-0.15, -0.1) is 0 Å². The van der Waals surface area contributed by atoms with Crippen molar-refractivity contribution in [2.24, 2.45) is 5.84 Å². The topological polar surface area (TPSA) is 87.7 Å². The number of nitrogen functional groups attached to an aromatic ring is 1. The lowest BCUT2D eigenvalue weighted by Crippen LogP contribution is -2.46. The van der Waals surface area contributed by atoms with E-state index in [1.54, 1.807) is 12.1 Å². The Labute approximate surface area is 123 Å². The summed E-state index contributed by atoms with van der Waals surface area (Å²) in [5.74, 6) is 5.51. The van der Waals surface area contributed by atoms with Crippen molar-refractivity contribution >= 4 is 11.4 Å². The van der Waals surface area contributed by atoms with Crippen molar-refractivity contribution in [2.75, 3.05) is 31.6 Å². The molecule has 1 aliphatic heterocycles. The smallest absolute Gasteiger partial charge is 0.269 e. The Morgan fingerprint density at radius 1 is 1.29 bits per heavy atom.